The lowest BCUT2D eigenvalue weighted by Crippen LogP contribution is -2.29. The Morgan fingerprint density at radius 1 is 0.960 bits per heavy atom. The average molecular weight is 385 g/mol. The minimum atomic E-state index is -2.11. The maximum absolute atomic E-state index is 12.3. The third-order valence-electron chi connectivity index (χ3n) is 6.71. The third-order valence-corrected chi connectivity index (χ3v) is 11.1. The molecule has 0 unspecified atom stereocenters. The van der Waals surface area contributed by atoms with E-state index in [1.54, 1.807) is 0 Å². The van der Waals surface area contributed by atoms with E-state index in [0.717, 1.165) is 35.2 Å². The minimum Gasteiger partial charge on any atom is -0.211 e. The molecule has 0 atom stereocenters. The summed E-state index contributed by atoms with van der Waals surface area (Å²) in [5.74, 6) is 1.47. The lowest BCUT2D eigenvalue weighted by atomic mass is 9.85. The molecule has 0 amide bonds. The second-order valence-corrected chi connectivity index (χ2v) is 12.3. The Hall–Kier alpha value is -0.413. The van der Waals surface area contributed by atoms with Crippen LogP contribution in [0.1, 0.15) is 69.3 Å². The normalized spacial score (nSPS) is 30.6. The van der Waals surface area contributed by atoms with Gasteiger partial charge in [-0.15, -0.1) is 0 Å². The highest BCUT2D eigenvalue weighted by atomic mass is 35.5. The Kier molecular flexibility index (Phi) is 7.35. The summed E-state index contributed by atoms with van der Waals surface area (Å²) in [7, 11) is -0.596. The molecule has 1 aliphatic carbocycles. The molecular weight excluding hydrogens is 354 g/mol. The van der Waals surface area contributed by atoms with Gasteiger partial charge in [-0.1, -0.05) is 67.9 Å². The summed E-state index contributed by atoms with van der Waals surface area (Å²) < 4.78 is 24.5. The van der Waals surface area contributed by atoms with E-state index in [-0.39, 0.29) is 6.42 Å². The zero-order valence-electron chi connectivity index (χ0n) is 15.1. The van der Waals surface area contributed by atoms with Gasteiger partial charge >= 0.3 is 0 Å². The monoisotopic (exact) mass is 384 g/mol. The highest BCUT2D eigenvalue weighted by Crippen LogP contribution is 2.44. The van der Waals surface area contributed by atoms with E-state index in [2.05, 4.69) is 12.1 Å². The number of hydrogen-bond acceptors (Lipinski definition) is 0. The van der Waals surface area contributed by atoms with Crippen molar-refractivity contribution in [2.75, 3.05) is 0 Å². The van der Waals surface area contributed by atoms with Crippen molar-refractivity contribution in [2.45, 2.75) is 87.8 Å². The Bertz CT molecular complexity index is 503. The summed E-state index contributed by atoms with van der Waals surface area (Å²) in [4.78, 5) is 0. The van der Waals surface area contributed by atoms with Crippen molar-refractivity contribution in [3.63, 3.8) is 0 Å². The van der Waals surface area contributed by atoms with E-state index in [9.17, 15) is 8.78 Å². The first kappa shape index (κ1) is 19.4. The minimum absolute atomic E-state index is 0.101. The van der Waals surface area contributed by atoms with E-state index in [1.165, 1.54) is 56.2 Å². The molecule has 25 heavy (non-hydrogen) atoms. The molecule has 0 aromatic heterocycles. The number of hydrogen-bond donors (Lipinski definition) is 0. The fourth-order valence-electron chi connectivity index (χ4n) is 5.17. The van der Waals surface area contributed by atoms with Gasteiger partial charge in [0.15, 0.2) is 0 Å². The van der Waals surface area contributed by atoms with Crippen LogP contribution in [0.4, 0.5) is 8.78 Å². The molecule has 1 saturated heterocycles. The molecule has 0 radical (unpaired) electrons. The number of alkyl halides is 2. The Labute approximate surface area is 158 Å². The molecule has 1 heterocycles. The van der Waals surface area contributed by atoms with E-state index in [1.807, 2.05) is 12.1 Å². The van der Waals surface area contributed by atoms with Crippen molar-refractivity contribution in [3.8, 4) is 0 Å². The zero-order valence-corrected chi connectivity index (χ0v) is 17.0. The standard InChI is InChI=1S/C21H31ClF2Si/c22-19-8-6-17(7-9-19)18-12-14-25(15-13-18)20-10-4-16(5-11-20)2-1-3-21(23)24/h6-9,16,18,20-21,25H,1-5,10-15H2/t16-,18-,20-,25-. The predicted molar refractivity (Wildman–Crippen MR) is 106 cm³/mol. The summed E-state index contributed by atoms with van der Waals surface area (Å²) in [6.45, 7) is 0. The first-order chi connectivity index (χ1) is 12.1. The van der Waals surface area contributed by atoms with Crippen molar-refractivity contribution >= 4 is 20.4 Å². The van der Waals surface area contributed by atoms with Crippen molar-refractivity contribution in [3.05, 3.63) is 34.9 Å². The van der Waals surface area contributed by atoms with Crippen LogP contribution in [0.25, 0.3) is 0 Å². The van der Waals surface area contributed by atoms with Crippen molar-refractivity contribution in [1.29, 1.82) is 0 Å². The quantitative estimate of drug-likeness (QED) is 0.447. The zero-order chi connectivity index (χ0) is 17.6. The maximum atomic E-state index is 12.3. The van der Waals surface area contributed by atoms with Crippen LogP contribution in [-0.2, 0) is 0 Å². The molecule has 140 valence electrons. The fourth-order valence-corrected chi connectivity index (χ4v) is 9.51. The molecule has 4 heteroatoms. The molecule has 0 nitrogen and oxygen atoms in total. The van der Waals surface area contributed by atoms with E-state index >= 15 is 0 Å². The summed E-state index contributed by atoms with van der Waals surface area (Å²) >= 11 is 6.00. The molecule has 3 rings (SSSR count). The molecule has 1 aliphatic heterocycles. The second kappa shape index (κ2) is 9.50. The lowest BCUT2D eigenvalue weighted by Gasteiger charge is -2.37. The van der Waals surface area contributed by atoms with Gasteiger partial charge in [0.1, 0.15) is 0 Å². The van der Waals surface area contributed by atoms with Gasteiger partial charge < -0.3 is 0 Å². The Morgan fingerprint density at radius 3 is 2.20 bits per heavy atom. The van der Waals surface area contributed by atoms with Crippen LogP contribution in [0, 0.1) is 5.92 Å². The van der Waals surface area contributed by atoms with Crippen molar-refractivity contribution in [2.24, 2.45) is 5.92 Å². The number of benzene rings is 1. The fraction of sp³-hybridized carbons (Fsp3) is 0.714. The van der Waals surface area contributed by atoms with Crippen LogP contribution in [-0.4, -0.2) is 15.2 Å². The molecule has 2 aliphatic rings. The predicted octanol–water partition coefficient (Wildman–Crippen LogP) is 7.44. The van der Waals surface area contributed by atoms with Gasteiger partial charge in [-0.05, 0) is 54.3 Å². The SMILES string of the molecule is FC(F)CCC[C@H]1CC[C@H]([Si@H]2CC[C@H](c3ccc(Cl)cc3)CC2)CC1. The summed E-state index contributed by atoms with van der Waals surface area (Å²) in [5, 5.41) is 0.831. The highest BCUT2D eigenvalue weighted by Gasteiger charge is 2.32. The van der Waals surface area contributed by atoms with Crippen LogP contribution in [0.15, 0.2) is 24.3 Å². The van der Waals surface area contributed by atoms with Crippen molar-refractivity contribution < 1.29 is 8.78 Å². The van der Waals surface area contributed by atoms with Gasteiger partial charge in [-0.2, -0.15) is 0 Å². The maximum Gasteiger partial charge on any atom is 0.238 e. The van der Waals surface area contributed by atoms with Gasteiger partial charge in [0.05, 0.1) is 0 Å². The summed E-state index contributed by atoms with van der Waals surface area (Å²) in [6.07, 6.45) is 7.86. The number of rotatable bonds is 6. The molecule has 1 aromatic rings. The van der Waals surface area contributed by atoms with Crippen LogP contribution >= 0.6 is 11.6 Å². The van der Waals surface area contributed by atoms with Gasteiger partial charge in [0.25, 0.3) is 0 Å². The summed E-state index contributed by atoms with van der Waals surface area (Å²) in [5.41, 5.74) is 2.50. The number of halogens is 3. The smallest absolute Gasteiger partial charge is 0.211 e. The molecule has 2 fully saturated rings. The third kappa shape index (κ3) is 5.79. The first-order valence-electron chi connectivity index (χ1n) is 10.2. The van der Waals surface area contributed by atoms with E-state index < -0.39 is 15.2 Å². The summed E-state index contributed by atoms with van der Waals surface area (Å²) in [6, 6.07) is 11.5. The molecule has 0 bridgehead atoms. The Balaban J connectivity index is 1.38. The second-order valence-electron chi connectivity index (χ2n) is 8.27. The van der Waals surface area contributed by atoms with Gasteiger partial charge in [-0.3, -0.25) is 0 Å². The van der Waals surface area contributed by atoms with Gasteiger partial charge in [-0.25, -0.2) is 8.78 Å². The molecule has 1 saturated carbocycles. The van der Waals surface area contributed by atoms with Crippen LogP contribution in [0.3, 0.4) is 0 Å². The van der Waals surface area contributed by atoms with E-state index in [0.29, 0.717) is 0 Å². The van der Waals surface area contributed by atoms with Crippen LogP contribution < -0.4 is 0 Å². The topological polar surface area (TPSA) is 0 Å². The molecule has 0 spiro atoms. The van der Waals surface area contributed by atoms with Crippen LogP contribution in [0.2, 0.25) is 22.7 Å². The van der Waals surface area contributed by atoms with Crippen molar-refractivity contribution in [1.82, 2.24) is 0 Å². The molecule has 1 aromatic carbocycles. The lowest BCUT2D eigenvalue weighted by molar-refractivity contribution is 0.130. The Morgan fingerprint density at radius 2 is 1.60 bits per heavy atom. The van der Waals surface area contributed by atoms with E-state index in [4.69, 9.17) is 11.6 Å². The van der Waals surface area contributed by atoms with Gasteiger partial charge in [0.2, 0.25) is 6.43 Å². The molecular formula is C21H31ClF2Si. The highest BCUT2D eigenvalue weighted by molar-refractivity contribution is 6.60. The molecule has 0 N–H and O–H groups in total. The largest absolute Gasteiger partial charge is 0.238 e. The first-order valence-corrected chi connectivity index (χ1v) is 12.8. The van der Waals surface area contributed by atoms with Gasteiger partial charge in [0, 0.05) is 20.2 Å². The average Bonchev–Trinajstić information content (AvgIpc) is 2.63. The van der Waals surface area contributed by atoms with Crippen LogP contribution in [0.5, 0.6) is 0 Å².